The molecule has 1 unspecified atom stereocenters. The number of carboxylic acid groups (broad SMARTS) is 1. The minimum atomic E-state index is -1.08. The molecule has 122 valence electrons. The summed E-state index contributed by atoms with van der Waals surface area (Å²) in [6, 6.07) is -0.226. The molecule has 1 aliphatic rings. The van der Waals surface area contributed by atoms with Crippen LogP contribution in [0.2, 0.25) is 0 Å². The highest BCUT2D eigenvalue weighted by Crippen LogP contribution is 2.28. The number of amides is 2. The Morgan fingerprint density at radius 2 is 1.81 bits per heavy atom. The molecule has 1 aliphatic carbocycles. The van der Waals surface area contributed by atoms with E-state index < -0.39 is 11.5 Å². The van der Waals surface area contributed by atoms with Crippen LogP contribution < -0.4 is 5.32 Å². The summed E-state index contributed by atoms with van der Waals surface area (Å²) in [6.45, 7) is 5.22. The van der Waals surface area contributed by atoms with Crippen molar-refractivity contribution >= 4 is 12.0 Å². The van der Waals surface area contributed by atoms with Crippen LogP contribution in [0.5, 0.6) is 0 Å². The van der Waals surface area contributed by atoms with Gasteiger partial charge in [-0.15, -0.1) is 0 Å². The average Bonchev–Trinajstić information content (AvgIpc) is 2.39. The maximum atomic E-state index is 12.5. The number of carboxylic acids is 1. The van der Waals surface area contributed by atoms with E-state index >= 15 is 0 Å². The molecule has 0 heterocycles. The van der Waals surface area contributed by atoms with Crippen molar-refractivity contribution in [3.63, 3.8) is 0 Å². The summed E-state index contributed by atoms with van der Waals surface area (Å²) in [7, 11) is 3.92. The molecule has 0 radical (unpaired) electrons. The minimum Gasteiger partial charge on any atom is -0.480 e. The van der Waals surface area contributed by atoms with Gasteiger partial charge in [-0.2, -0.15) is 0 Å². The zero-order valence-corrected chi connectivity index (χ0v) is 13.7. The van der Waals surface area contributed by atoms with Gasteiger partial charge in [0.05, 0.1) is 0 Å². The minimum absolute atomic E-state index is 0.0411. The Morgan fingerprint density at radius 3 is 2.24 bits per heavy atom. The number of likely N-dealkylation sites (N-methyl/N-ethyl adjacent to an activating group) is 2. The predicted molar refractivity (Wildman–Crippen MR) is 82.4 cm³/mol. The second kappa shape index (κ2) is 7.64. The Balaban J connectivity index is 2.77. The second-order valence-corrected chi connectivity index (χ2v) is 6.28. The fraction of sp³-hybridized carbons (Fsp3) is 0.867. The van der Waals surface area contributed by atoms with Crippen LogP contribution in [0.4, 0.5) is 4.79 Å². The normalized spacial score (nSPS) is 19.1. The molecule has 2 amide bonds. The van der Waals surface area contributed by atoms with Crippen molar-refractivity contribution in [1.82, 2.24) is 15.1 Å². The third-order valence-electron chi connectivity index (χ3n) is 4.23. The first-order valence-corrected chi connectivity index (χ1v) is 7.79. The molecule has 0 aromatic heterocycles. The fourth-order valence-electron chi connectivity index (χ4n) is 3.11. The molecule has 6 heteroatoms. The Hall–Kier alpha value is -1.30. The van der Waals surface area contributed by atoms with E-state index in [1.54, 1.807) is 4.90 Å². The molecule has 0 saturated heterocycles. The molecule has 1 fully saturated rings. The Kier molecular flexibility index (Phi) is 6.45. The number of urea groups is 1. The molecule has 0 aliphatic heterocycles. The van der Waals surface area contributed by atoms with Gasteiger partial charge in [0.1, 0.15) is 5.54 Å². The van der Waals surface area contributed by atoms with E-state index in [2.05, 4.69) is 5.32 Å². The van der Waals surface area contributed by atoms with Crippen LogP contribution in [0.3, 0.4) is 0 Å². The van der Waals surface area contributed by atoms with Gasteiger partial charge in [-0.25, -0.2) is 9.59 Å². The monoisotopic (exact) mass is 299 g/mol. The quantitative estimate of drug-likeness (QED) is 0.784. The number of hydrogen-bond donors (Lipinski definition) is 2. The van der Waals surface area contributed by atoms with Crippen LogP contribution in [-0.2, 0) is 4.79 Å². The Morgan fingerprint density at radius 1 is 1.24 bits per heavy atom. The first-order chi connectivity index (χ1) is 9.82. The van der Waals surface area contributed by atoms with Crippen molar-refractivity contribution in [3.05, 3.63) is 0 Å². The van der Waals surface area contributed by atoms with Gasteiger partial charge in [0, 0.05) is 19.1 Å². The van der Waals surface area contributed by atoms with Crippen molar-refractivity contribution in [2.45, 2.75) is 57.5 Å². The van der Waals surface area contributed by atoms with Crippen molar-refractivity contribution in [2.24, 2.45) is 0 Å². The number of nitrogens with one attached hydrogen (secondary N) is 1. The summed E-state index contributed by atoms with van der Waals surface area (Å²) in [5, 5.41) is 12.3. The number of hydrogen-bond acceptors (Lipinski definition) is 3. The molecule has 0 aromatic rings. The summed E-state index contributed by atoms with van der Waals surface area (Å²) in [5.74, 6) is -0.910. The van der Waals surface area contributed by atoms with Crippen LogP contribution in [-0.4, -0.2) is 65.7 Å². The topological polar surface area (TPSA) is 72.9 Å². The molecule has 2 N–H and O–H groups in total. The average molecular weight is 299 g/mol. The van der Waals surface area contributed by atoms with Gasteiger partial charge in [0.2, 0.25) is 0 Å². The number of nitrogens with zero attached hydrogens (tertiary/aromatic N) is 2. The Labute approximate surface area is 127 Å². The van der Waals surface area contributed by atoms with Gasteiger partial charge in [-0.3, -0.25) is 0 Å². The summed E-state index contributed by atoms with van der Waals surface area (Å²) >= 11 is 0. The van der Waals surface area contributed by atoms with Crippen molar-refractivity contribution in [1.29, 1.82) is 0 Å². The molecule has 1 rings (SSSR count). The van der Waals surface area contributed by atoms with Gasteiger partial charge in [0.25, 0.3) is 0 Å². The third-order valence-corrected chi connectivity index (χ3v) is 4.23. The predicted octanol–water partition coefficient (Wildman–Crippen LogP) is 1.76. The highest BCUT2D eigenvalue weighted by molar-refractivity contribution is 5.86. The maximum Gasteiger partial charge on any atom is 0.329 e. The number of aliphatic carboxylic acids is 1. The van der Waals surface area contributed by atoms with Crippen molar-refractivity contribution < 1.29 is 14.7 Å². The summed E-state index contributed by atoms with van der Waals surface area (Å²) < 4.78 is 0. The van der Waals surface area contributed by atoms with Crippen LogP contribution in [0.15, 0.2) is 0 Å². The van der Waals surface area contributed by atoms with Gasteiger partial charge >= 0.3 is 12.0 Å². The number of rotatable bonds is 6. The fourth-order valence-corrected chi connectivity index (χ4v) is 3.11. The molecule has 6 nitrogen and oxygen atoms in total. The number of carbonyl (C=O) groups is 2. The SMILES string of the molecule is CCN(C(=O)NC1(C(=O)O)CCCCC1)C(C)CN(C)C. The van der Waals surface area contributed by atoms with Crippen LogP contribution in [0.25, 0.3) is 0 Å². The summed E-state index contributed by atoms with van der Waals surface area (Å²) in [5.41, 5.74) is -1.08. The van der Waals surface area contributed by atoms with Crippen LogP contribution >= 0.6 is 0 Å². The summed E-state index contributed by atoms with van der Waals surface area (Å²) in [6.07, 6.45) is 3.79. The number of carbonyl (C=O) groups excluding carboxylic acids is 1. The standard InChI is InChI=1S/C15H29N3O3/c1-5-18(12(2)11-17(3)4)14(21)16-15(13(19)20)9-7-6-8-10-15/h12H,5-11H2,1-4H3,(H,16,21)(H,19,20). The van der Waals surface area contributed by atoms with Crippen LogP contribution in [0.1, 0.15) is 46.0 Å². The van der Waals surface area contributed by atoms with Gasteiger partial charge in [0.15, 0.2) is 0 Å². The summed E-state index contributed by atoms with van der Waals surface area (Å²) in [4.78, 5) is 27.9. The van der Waals surface area contributed by atoms with E-state index in [0.717, 1.165) is 25.8 Å². The van der Waals surface area contributed by atoms with E-state index in [0.29, 0.717) is 19.4 Å². The molecule has 1 atom stereocenters. The van der Waals surface area contributed by atoms with Gasteiger partial charge < -0.3 is 20.2 Å². The highest BCUT2D eigenvalue weighted by atomic mass is 16.4. The molecule has 0 spiro atoms. The lowest BCUT2D eigenvalue weighted by Crippen LogP contribution is -2.60. The first-order valence-electron chi connectivity index (χ1n) is 7.79. The molecular formula is C15H29N3O3. The smallest absolute Gasteiger partial charge is 0.329 e. The zero-order valence-electron chi connectivity index (χ0n) is 13.7. The van der Waals surface area contributed by atoms with E-state index in [9.17, 15) is 14.7 Å². The highest BCUT2D eigenvalue weighted by Gasteiger charge is 2.42. The molecule has 21 heavy (non-hydrogen) atoms. The molecular weight excluding hydrogens is 270 g/mol. The lowest BCUT2D eigenvalue weighted by Gasteiger charge is -2.38. The van der Waals surface area contributed by atoms with E-state index in [1.165, 1.54) is 0 Å². The molecule has 1 saturated carbocycles. The van der Waals surface area contributed by atoms with Crippen molar-refractivity contribution in [3.8, 4) is 0 Å². The van der Waals surface area contributed by atoms with Crippen molar-refractivity contribution in [2.75, 3.05) is 27.2 Å². The van der Waals surface area contributed by atoms with Gasteiger partial charge in [-0.1, -0.05) is 19.3 Å². The van der Waals surface area contributed by atoms with E-state index in [-0.39, 0.29) is 12.1 Å². The Bertz CT molecular complexity index is 365. The van der Waals surface area contributed by atoms with Crippen LogP contribution in [0, 0.1) is 0 Å². The van der Waals surface area contributed by atoms with E-state index in [4.69, 9.17) is 0 Å². The lowest BCUT2D eigenvalue weighted by atomic mass is 9.82. The largest absolute Gasteiger partial charge is 0.480 e. The molecule has 0 aromatic carbocycles. The van der Waals surface area contributed by atoms with Gasteiger partial charge in [-0.05, 0) is 40.8 Å². The third kappa shape index (κ3) is 4.59. The zero-order chi connectivity index (χ0) is 16.0. The van der Waals surface area contributed by atoms with E-state index in [1.807, 2.05) is 32.8 Å². The lowest BCUT2D eigenvalue weighted by molar-refractivity contribution is -0.146. The second-order valence-electron chi connectivity index (χ2n) is 6.28. The molecule has 0 bridgehead atoms. The maximum absolute atomic E-state index is 12.5. The first kappa shape index (κ1) is 17.8.